The number of benzene rings is 2. The van der Waals surface area contributed by atoms with Gasteiger partial charge in [0.2, 0.25) is 5.95 Å². The molecule has 0 aliphatic heterocycles. The first-order valence-electron chi connectivity index (χ1n) is 8.51. The summed E-state index contributed by atoms with van der Waals surface area (Å²) in [4.78, 5) is 8.71. The van der Waals surface area contributed by atoms with E-state index < -0.39 is 0 Å². The molecule has 7 heteroatoms. The van der Waals surface area contributed by atoms with E-state index in [0.717, 1.165) is 22.7 Å². The standard InChI is InChI=1S/C20H21ClN4O2/c1-14-3-4-15(21)13-18(14)24-20-23-10-9-19(25-20)22-11-12-27-17-7-5-16(26-2)6-8-17/h3-10,13H,11-12H2,1-2H3,(H2,22,23,24,25). The van der Waals surface area contributed by atoms with Crippen molar-refractivity contribution in [3.05, 3.63) is 65.3 Å². The minimum Gasteiger partial charge on any atom is -0.497 e. The summed E-state index contributed by atoms with van der Waals surface area (Å²) in [5.41, 5.74) is 1.94. The zero-order chi connectivity index (χ0) is 19.1. The highest BCUT2D eigenvalue weighted by Gasteiger charge is 2.04. The largest absolute Gasteiger partial charge is 0.497 e. The Kier molecular flexibility index (Phi) is 6.33. The van der Waals surface area contributed by atoms with Crippen LogP contribution in [0.1, 0.15) is 5.56 Å². The van der Waals surface area contributed by atoms with Crippen molar-refractivity contribution in [2.24, 2.45) is 0 Å². The van der Waals surface area contributed by atoms with E-state index in [1.807, 2.05) is 55.5 Å². The first-order chi connectivity index (χ1) is 13.1. The summed E-state index contributed by atoms with van der Waals surface area (Å²) in [6.07, 6.45) is 1.70. The van der Waals surface area contributed by atoms with E-state index in [4.69, 9.17) is 21.1 Å². The van der Waals surface area contributed by atoms with Crippen LogP contribution in [-0.4, -0.2) is 30.2 Å². The number of ether oxygens (including phenoxy) is 2. The number of methoxy groups -OCH3 is 1. The van der Waals surface area contributed by atoms with Gasteiger partial charge >= 0.3 is 0 Å². The Labute approximate surface area is 163 Å². The first-order valence-corrected chi connectivity index (χ1v) is 8.89. The highest BCUT2D eigenvalue weighted by atomic mass is 35.5. The Bertz CT molecular complexity index is 887. The minimum absolute atomic E-state index is 0.501. The zero-order valence-electron chi connectivity index (χ0n) is 15.2. The number of halogens is 1. The molecule has 140 valence electrons. The van der Waals surface area contributed by atoms with Gasteiger partial charge in [-0.15, -0.1) is 0 Å². The van der Waals surface area contributed by atoms with Crippen LogP contribution in [0.4, 0.5) is 17.5 Å². The van der Waals surface area contributed by atoms with E-state index >= 15 is 0 Å². The number of nitrogens with one attached hydrogen (secondary N) is 2. The summed E-state index contributed by atoms with van der Waals surface area (Å²) >= 11 is 6.05. The molecule has 27 heavy (non-hydrogen) atoms. The van der Waals surface area contributed by atoms with Gasteiger partial charge in [0.05, 0.1) is 13.7 Å². The van der Waals surface area contributed by atoms with Gasteiger partial charge in [0.25, 0.3) is 0 Å². The van der Waals surface area contributed by atoms with Gasteiger partial charge in [-0.25, -0.2) is 4.98 Å². The average molecular weight is 385 g/mol. The molecule has 0 saturated carbocycles. The van der Waals surface area contributed by atoms with Gasteiger partial charge in [-0.05, 0) is 55.0 Å². The van der Waals surface area contributed by atoms with Crippen LogP contribution in [0.5, 0.6) is 11.5 Å². The van der Waals surface area contributed by atoms with Gasteiger partial charge in [-0.3, -0.25) is 0 Å². The maximum atomic E-state index is 6.05. The molecule has 2 N–H and O–H groups in total. The van der Waals surface area contributed by atoms with Gasteiger partial charge in [0.15, 0.2) is 0 Å². The third-order valence-electron chi connectivity index (χ3n) is 3.84. The van der Waals surface area contributed by atoms with Gasteiger partial charge in [0.1, 0.15) is 23.9 Å². The second-order valence-corrected chi connectivity index (χ2v) is 6.24. The predicted molar refractivity (Wildman–Crippen MR) is 108 cm³/mol. The summed E-state index contributed by atoms with van der Waals surface area (Å²) in [5.74, 6) is 2.81. The number of nitrogens with zero attached hydrogens (tertiary/aromatic N) is 2. The molecule has 0 saturated heterocycles. The Morgan fingerprint density at radius 1 is 1.04 bits per heavy atom. The van der Waals surface area contributed by atoms with Crippen LogP contribution in [0.15, 0.2) is 54.7 Å². The van der Waals surface area contributed by atoms with E-state index in [-0.39, 0.29) is 0 Å². The molecule has 1 heterocycles. The number of aryl methyl sites for hydroxylation is 1. The second-order valence-electron chi connectivity index (χ2n) is 5.80. The summed E-state index contributed by atoms with van der Waals surface area (Å²) in [6.45, 7) is 3.11. The molecular formula is C20H21ClN4O2. The third-order valence-corrected chi connectivity index (χ3v) is 4.07. The van der Waals surface area contributed by atoms with Gasteiger partial charge in [0, 0.05) is 16.9 Å². The lowest BCUT2D eigenvalue weighted by Gasteiger charge is -2.11. The number of rotatable bonds is 8. The minimum atomic E-state index is 0.501. The van der Waals surface area contributed by atoms with Crippen molar-refractivity contribution in [3.8, 4) is 11.5 Å². The molecule has 0 fully saturated rings. The molecule has 0 bridgehead atoms. The summed E-state index contributed by atoms with van der Waals surface area (Å²) in [6, 6.07) is 14.9. The van der Waals surface area contributed by atoms with Gasteiger partial charge in [-0.2, -0.15) is 4.98 Å². The molecule has 3 rings (SSSR count). The predicted octanol–water partition coefficient (Wildman–Crippen LogP) is 4.68. The highest BCUT2D eigenvalue weighted by molar-refractivity contribution is 6.30. The van der Waals surface area contributed by atoms with E-state index in [9.17, 15) is 0 Å². The monoisotopic (exact) mass is 384 g/mol. The van der Waals surface area contributed by atoms with E-state index in [1.165, 1.54) is 0 Å². The number of hydrogen-bond donors (Lipinski definition) is 2. The normalized spacial score (nSPS) is 10.3. The first kappa shape index (κ1) is 18.8. The lowest BCUT2D eigenvalue weighted by molar-refractivity contribution is 0.331. The summed E-state index contributed by atoms with van der Waals surface area (Å²) in [7, 11) is 1.64. The molecule has 0 aliphatic rings. The molecule has 0 spiro atoms. The van der Waals surface area contributed by atoms with Crippen LogP contribution in [0.2, 0.25) is 5.02 Å². The van der Waals surface area contributed by atoms with Crippen molar-refractivity contribution < 1.29 is 9.47 Å². The molecule has 0 radical (unpaired) electrons. The van der Waals surface area contributed by atoms with Crippen LogP contribution in [0.3, 0.4) is 0 Å². The van der Waals surface area contributed by atoms with Crippen molar-refractivity contribution in [2.45, 2.75) is 6.92 Å². The molecule has 0 amide bonds. The van der Waals surface area contributed by atoms with Gasteiger partial charge in [-0.1, -0.05) is 17.7 Å². The maximum absolute atomic E-state index is 6.05. The van der Waals surface area contributed by atoms with Crippen LogP contribution in [0, 0.1) is 6.92 Å². The SMILES string of the molecule is COc1ccc(OCCNc2ccnc(Nc3cc(Cl)ccc3C)n2)cc1. The molecule has 2 aromatic carbocycles. The van der Waals surface area contributed by atoms with Crippen LogP contribution in [0.25, 0.3) is 0 Å². The van der Waals surface area contributed by atoms with E-state index in [0.29, 0.717) is 29.9 Å². The van der Waals surface area contributed by atoms with Crippen molar-refractivity contribution in [2.75, 3.05) is 30.9 Å². The lowest BCUT2D eigenvalue weighted by Crippen LogP contribution is -2.13. The van der Waals surface area contributed by atoms with Crippen molar-refractivity contribution in [1.29, 1.82) is 0 Å². The summed E-state index contributed by atoms with van der Waals surface area (Å²) < 4.78 is 10.8. The van der Waals surface area contributed by atoms with Crippen molar-refractivity contribution in [1.82, 2.24) is 9.97 Å². The van der Waals surface area contributed by atoms with E-state index in [2.05, 4.69) is 20.6 Å². The molecule has 3 aromatic rings. The third kappa shape index (κ3) is 5.49. The fourth-order valence-electron chi connectivity index (χ4n) is 2.39. The Morgan fingerprint density at radius 2 is 1.81 bits per heavy atom. The topological polar surface area (TPSA) is 68.3 Å². The number of anilines is 3. The number of aromatic nitrogens is 2. The quantitative estimate of drug-likeness (QED) is 0.549. The van der Waals surface area contributed by atoms with Crippen LogP contribution >= 0.6 is 11.6 Å². The number of hydrogen-bond acceptors (Lipinski definition) is 6. The Hall–Kier alpha value is -2.99. The zero-order valence-corrected chi connectivity index (χ0v) is 16.0. The maximum Gasteiger partial charge on any atom is 0.229 e. The van der Waals surface area contributed by atoms with Crippen LogP contribution < -0.4 is 20.1 Å². The average Bonchev–Trinajstić information content (AvgIpc) is 2.69. The molecule has 0 atom stereocenters. The van der Waals surface area contributed by atoms with Crippen molar-refractivity contribution >= 4 is 29.1 Å². The molecule has 0 aliphatic carbocycles. The molecule has 1 aromatic heterocycles. The second kappa shape index (κ2) is 9.09. The van der Waals surface area contributed by atoms with Crippen LogP contribution in [-0.2, 0) is 0 Å². The van der Waals surface area contributed by atoms with Gasteiger partial charge < -0.3 is 20.1 Å². The fourth-order valence-corrected chi connectivity index (χ4v) is 2.56. The van der Waals surface area contributed by atoms with Crippen molar-refractivity contribution in [3.63, 3.8) is 0 Å². The Morgan fingerprint density at radius 3 is 2.59 bits per heavy atom. The molecule has 0 unspecified atom stereocenters. The summed E-state index contributed by atoms with van der Waals surface area (Å²) in [5, 5.41) is 7.07. The lowest BCUT2D eigenvalue weighted by atomic mass is 10.2. The smallest absolute Gasteiger partial charge is 0.229 e. The fraction of sp³-hybridized carbons (Fsp3) is 0.200. The Balaban J connectivity index is 1.52. The highest BCUT2D eigenvalue weighted by Crippen LogP contribution is 2.23. The molecule has 6 nitrogen and oxygen atoms in total. The van der Waals surface area contributed by atoms with E-state index in [1.54, 1.807) is 13.3 Å². The molecular weight excluding hydrogens is 364 g/mol.